The molecule has 5 nitrogen and oxygen atoms in total. The molecular weight excluding hydrogens is 356 g/mol. The van der Waals surface area contributed by atoms with Crippen LogP contribution in [0.15, 0.2) is 53.4 Å². The molecule has 0 spiro atoms. The summed E-state index contributed by atoms with van der Waals surface area (Å²) in [5, 5.41) is 0. The number of benzene rings is 2. The number of anilines is 1. The van der Waals surface area contributed by atoms with Crippen molar-refractivity contribution in [3.8, 4) is 0 Å². The summed E-state index contributed by atoms with van der Waals surface area (Å²) in [5.74, 6) is 1.67. The van der Waals surface area contributed by atoms with Crippen LogP contribution in [0.1, 0.15) is 15.9 Å². The summed E-state index contributed by atoms with van der Waals surface area (Å²) in [7, 11) is -3.74. The van der Waals surface area contributed by atoms with Crippen LogP contribution in [0, 0.1) is 6.92 Å². The summed E-state index contributed by atoms with van der Waals surface area (Å²) >= 11 is 1.82. The minimum atomic E-state index is -3.74. The molecule has 0 aromatic heterocycles. The topological polar surface area (TPSA) is 66.5 Å². The number of para-hydroxylation sites is 1. The number of nitrogens with zero attached hydrogens (tertiary/aromatic N) is 1. The molecule has 1 heterocycles. The van der Waals surface area contributed by atoms with Crippen molar-refractivity contribution in [2.75, 3.05) is 29.3 Å². The average Bonchev–Trinajstić information content (AvgIpc) is 2.62. The molecule has 1 amide bonds. The number of hydrogen-bond acceptors (Lipinski definition) is 4. The number of carbonyl (C=O) groups is 1. The number of amides is 1. The zero-order valence-electron chi connectivity index (χ0n) is 13.9. The molecule has 1 fully saturated rings. The maximum atomic E-state index is 12.8. The van der Waals surface area contributed by atoms with Gasteiger partial charge in [-0.3, -0.25) is 9.52 Å². The highest BCUT2D eigenvalue weighted by Crippen LogP contribution is 2.23. The first kappa shape index (κ1) is 17.8. The van der Waals surface area contributed by atoms with Crippen molar-refractivity contribution in [1.29, 1.82) is 0 Å². The normalized spacial score (nSPS) is 15.0. The van der Waals surface area contributed by atoms with Crippen LogP contribution in [0.4, 0.5) is 5.69 Å². The van der Waals surface area contributed by atoms with E-state index in [2.05, 4.69) is 4.72 Å². The number of carbonyl (C=O) groups excluding carboxylic acids is 1. The molecule has 0 saturated carbocycles. The molecule has 1 aliphatic heterocycles. The Bertz CT molecular complexity index is 858. The van der Waals surface area contributed by atoms with E-state index in [1.165, 1.54) is 0 Å². The summed E-state index contributed by atoms with van der Waals surface area (Å²) in [6, 6.07) is 13.4. The first-order chi connectivity index (χ1) is 12.0. The first-order valence-electron chi connectivity index (χ1n) is 8.03. The second-order valence-corrected chi connectivity index (χ2v) is 8.78. The molecular formula is C18H20N2O3S2. The fourth-order valence-electron chi connectivity index (χ4n) is 2.62. The van der Waals surface area contributed by atoms with E-state index in [1.54, 1.807) is 53.4 Å². The van der Waals surface area contributed by atoms with Gasteiger partial charge in [-0.25, -0.2) is 8.42 Å². The third-order valence-electron chi connectivity index (χ3n) is 4.03. The van der Waals surface area contributed by atoms with Gasteiger partial charge < -0.3 is 4.90 Å². The zero-order chi connectivity index (χ0) is 17.9. The zero-order valence-corrected chi connectivity index (χ0v) is 15.6. The van der Waals surface area contributed by atoms with Crippen LogP contribution in [0.5, 0.6) is 0 Å². The van der Waals surface area contributed by atoms with Gasteiger partial charge >= 0.3 is 0 Å². The minimum Gasteiger partial charge on any atom is -0.337 e. The highest BCUT2D eigenvalue weighted by Gasteiger charge is 2.23. The van der Waals surface area contributed by atoms with Crippen LogP contribution in [0.2, 0.25) is 0 Å². The molecule has 132 valence electrons. The van der Waals surface area contributed by atoms with Crippen LogP contribution < -0.4 is 4.72 Å². The number of hydrogen-bond donors (Lipinski definition) is 1. The fraction of sp³-hybridized carbons (Fsp3) is 0.278. The van der Waals surface area contributed by atoms with E-state index in [0.29, 0.717) is 24.3 Å². The molecule has 1 aliphatic rings. The Morgan fingerprint density at radius 3 is 2.36 bits per heavy atom. The predicted octanol–water partition coefficient (Wildman–Crippen LogP) is 2.98. The van der Waals surface area contributed by atoms with Crippen molar-refractivity contribution in [3.05, 3.63) is 59.7 Å². The van der Waals surface area contributed by atoms with E-state index in [1.807, 2.05) is 18.7 Å². The molecule has 0 radical (unpaired) electrons. The largest absolute Gasteiger partial charge is 0.337 e. The van der Waals surface area contributed by atoms with Crippen LogP contribution in [-0.4, -0.2) is 43.8 Å². The van der Waals surface area contributed by atoms with Crippen molar-refractivity contribution in [2.24, 2.45) is 0 Å². The van der Waals surface area contributed by atoms with E-state index in [-0.39, 0.29) is 10.8 Å². The Kier molecular flexibility index (Phi) is 5.34. The van der Waals surface area contributed by atoms with Gasteiger partial charge in [-0.2, -0.15) is 11.8 Å². The van der Waals surface area contributed by atoms with Gasteiger partial charge in [-0.1, -0.05) is 29.8 Å². The number of sulfonamides is 1. The molecule has 2 aromatic carbocycles. The van der Waals surface area contributed by atoms with Crippen molar-refractivity contribution >= 4 is 33.4 Å². The third kappa shape index (κ3) is 4.16. The molecule has 0 bridgehead atoms. The number of aryl methyl sites for hydroxylation is 1. The Balaban J connectivity index is 1.88. The Morgan fingerprint density at radius 1 is 1.04 bits per heavy atom. The average molecular weight is 377 g/mol. The molecule has 3 rings (SSSR count). The molecule has 0 aliphatic carbocycles. The standard InChI is InChI=1S/C18H20N2O3S2/c1-14-6-8-15(9-7-14)25(22,23)19-17-5-3-2-4-16(17)18(21)20-10-12-24-13-11-20/h2-9,19H,10-13H2,1H3. The summed E-state index contributed by atoms with van der Waals surface area (Å²) in [6.07, 6.45) is 0. The van der Waals surface area contributed by atoms with E-state index < -0.39 is 10.0 Å². The lowest BCUT2D eigenvalue weighted by molar-refractivity contribution is 0.0773. The lowest BCUT2D eigenvalue weighted by Gasteiger charge is -2.27. The Morgan fingerprint density at radius 2 is 1.68 bits per heavy atom. The fourth-order valence-corrected chi connectivity index (χ4v) is 4.60. The number of nitrogens with one attached hydrogen (secondary N) is 1. The monoisotopic (exact) mass is 376 g/mol. The third-order valence-corrected chi connectivity index (χ3v) is 6.36. The van der Waals surface area contributed by atoms with Gasteiger partial charge in [0.05, 0.1) is 16.1 Å². The lowest BCUT2D eigenvalue weighted by Crippen LogP contribution is -2.38. The van der Waals surface area contributed by atoms with E-state index in [9.17, 15) is 13.2 Å². The van der Waals surface area contributed by atoms with Gasteiger partial charge in [0.25, 0.3) is 15.9 Å². The molecule has 7 heteroatoms. The van der Waals surface area contributed by atoms with Crippen molar-refractivity contribution < 1.29 is 13.2 Å². The second kappa shape index (κ2) is 7.49. The van der Waals surface area contributed by atoms with E-state index in [4.69, 9.17) is 0 Å². The van der Waals surface area contributed by atoms with Gasteiger partial charge in [0.15, 0.2) is 0 Å². The molecule has 1 saturated heterocycles. The first-order valence-corrected chi connectivity index (χ1v) is 10.7. The molecule has 0 unspecified atom stereocenters. The summed E-state index contributed by atoms with van der Waals surface area (Å²) in [6.45, 7) is 3.26. The van der Waals surface area contributed by atoms with Crippen LogP contribution in [0.25, 0.3) is 0 Å². The van der Waals surface area contributed by atoms with Crippen molar-refractivity contribution in [2.45, 2.75) is 11.8 Å². The van der Waals surface area contributed by atoms with Gasteiger partial charge in [0.1, 0.15) is 0 Å². The smallest absolute Gasteiger partial charge is 0.261 e. The maximum absolute atomic E-state index is 12.8. The van der Waals surface area contributed by atoms with Crippen LogP contribution in [-0.2, 0) is 10.0 Å². The quantitative estimate of drug-likeness (QED) is 0.891. The van der Waals surface area contributed by atoms with Gasteiger partial charge in [0, 0.05) is 24.6 Å². The van der Waals surface area contributed by atoms with Gasteiger partial charge in [0.2, 0.25) is 0 Å². The molecule has 2 aromatic rings. The number of thioether (sulfide) groups is 1. The maximum Gasteiger partial charge on any atom is 0.261 e. The van der Waals surface area contributed by atoms with Crippen molar-refractivity contribution in [3.63, 3.8) is 0 Å². The predicted molar refractivity (Wildman–Crippen MR) is 102 cm³/mol. The molecule has 1 N–H and O–H groups in total. The van der Waals surface area contributed by atoms with Gasteiger partial charge in [-0.15, -0.1) is 0 Å². The second-order valence-electron chi connectivity index (χ2n) is 5.87. The molecule has 0 atom stereocenters. The Hall–Kier alpha value is -1.99. The summed E-state index contributed by atoms with van der Waals surface area (Å²) < 4.78 is 27.8. The highest BCUT2D eigenvalue weighted by molar-refractivity contribution is 7.99. The van der Waals surface area contributed by atoms with Crippen LogP contribution in [0.3, 0.4) is 0 Å². The highest BCUT2D eigenvalue weighted by atomic mass is 32.2. The van der Waals surface area contributed by atoms with Crippen molar-refractivity contribution in [1.82, 2.24) is 4.90 Å². The lowest BCUT2D eigenvalue weighted by atomic mass is 10.1. The van der Waals surface area contributed by atoms with E-state index >= 15 is 0 Å². The molecule has 25 heavy (non-hydrogen) atoms. The van der Waals surface area contributed by atoms with Gasteiger partial charge in [-0.05, 0) is 31.2 Å². The summed E-state index contributed by atoms with van der Waals surface area (Å²) in [4.78, 5) is 14.7. The van der Waals surface area contributed by atoms with Crippen LogP contribution >= 0.6 is 11.8 Å². The minimum absolute atomic E-state index is 0.137. The summed E-state index contributed by atoms with van der Waals surface area (Å²) in [5.41, 5.74) is 1.67. The SMILES string of the molecule is Cc1ccc(S(=O)(=O)Nc2ccccc2C(=O)N2CCSCC2)cc1. The van der Waals surface area contributed by atoms with E-state index in [0.717, 1.165) is 17.1 Å². The Labute approximate surface area is 152 Å². The number of rotatable bonds is 4.